The van der Waals surface area contributed by atoms with Crippen LogP contribution in [-0.4, -0.2) is 68.5 Å². The van der Waals surface area contributed by atoms with E-state index in [1.54, 1.807) is 34.0 Å². The predicted molar refractivity (Wildman–Crippen MR) is 175 cm³/mol. The summed E-state index contributed by atoms with van der Waals surface area (Å²) >= 11 is 0. The number of unbranched alkanes of at least 4 members (excludes halogenated alkanes) is 1. The molecule has 10 heteroatoms. The first-order valence-corrected chi connectivity index (χ1v) is 16.8. The molecule has 3 N–H and O–H groups in total. The van der Waals surface area contributed by atoms with Crippen molar-refractivity contribution in [2.75, 3.05) is 14.1 Å². The van der Waals surface area contributed by atoms with Gasteiger partial charge in [-0.05, 0) is 44.2 Å². The van der Waals surface area contributed by atoms with E-state index < -0.39 is 50.1 Å². The van der Waals surface area contributed by atoms with Crippen LogP contribution >= 0.6 is 0 Å². The molecule has 0 bridgehead atoms. The van der Waals surface area contributed by atoms with Gasteiger partial charge >= 0.3 is 0 Å². The smallest absolute Gasteiger partial charge is 0.260 e. The Morgan fingerprint density at radius 1 is 0.977 bits per heavy atom. The minimum Gasteiger partial charge on any atom is -0.342 e. The van der Waals surface area contributed by atoms with E-state index in [0.29, 0.717) is 6.42 Å². The molecular weight excluding hydrogens is 564 g/mol. The molecule has 0 heterocycles. The van der Waals surface area contributed by atoms with Crippen molar-refractivity contribution >= 4 is 27.7 Å². The molecule has 43 heavy (non-hydrogen) atoms. The summed E-state index contributed by atoms with van der Waals surface area (Å²) in [7, 11) is -0.458. The standard InChI is InChI=1S/C33H56N4O5S/c1-13-14-18-24(5)43(41,42)36-29(38)23(4)21-26(22(2)3)37(12)31(40)28(32(6,7)8)35-30(39)27(34-11)33(9,10)25-19-16-15-17-20-25/h15-17,19-22,24,26-28,34H,13-14,18H2,1-12H3,(H,35,39)(H,36,38)/t24?,26-,27?,28?/m1/s1. The molecule has 0 saturated heterocycles. The van der Waals surface area contributed by atoms with Gasteiger partial charge in [-0.2, -0.15) is 0 Å². The number of rotatable bonds is 15. The van der Waals surface area contributed by atoms with Gasteiger partial charge in [0.2, 0.25) is 21.8 Å². The van der Waals surface area contributed by atoms with Gasteiger partial charge in [0.15, 0.2) is 0 Å². The van der Waals surface area contributed by atoms with Crippen molar-refractivity contribution in [2.45, 2.75) is 117 Å². The van der Waals surface area contributed by atoms with Crippen LogP contribution in [0.15, 0.2) is 42.0 Å². The Balaban J connectivity index is 3.28. The Morgan fingerprint density at radius 3 is 2.00 bits per heavy atom. The van der Waals surface area contributed by atoms with E-state index in [-0.39, 0.29) is 23.3 Å². The molecule has 1 rings (SSSR count). The monoisotopic (exact) mass is 620 g/mol. The molecule has 0 aliphatic rings. The molecule has 1 aromatic carbocycles. The van der Waals surface area contributed by atoms with Crippen molar-refractivity contribution < 1.29 is 22.8 Å². The molecular formula is C33H56N4O5S. The van der Waals surface area contributed by atoms with E-state index in [4.69, 9.17) is 0 Å². The van der Waals surface area contributed by atoms with Crippen LogP contribution in [0.5, 0.6) is 0 Å². The van der Waals surface area contributed by atoms with Gasteiger partial charge in [-0.25, -0.2) is 13.1 Å². The van der Waals surface area contributed by atoms with E-state index >= 15 is 0 Å². The van der Waals surface area contributed by atoms with Gasteiger partial charge in [0.05, 0.1) is 17.3 Å². The van der Waals surface area contributed by atoms with Gasteiger partial charge in [-0.3, -0.25) is 14.4 Å². The lowest BCUT2D eigenvalue weighted by molar-refractivity contribution is -0.140. The quantitative estimate of drug-likeness (QED) is 0.248. The summed E-state index contributed by atoms with van der Waals surface area (Å²) in [4.78, 5) is 42.2. The average Bonchev–Trinajstić information content (AvgIpc) is 2.91. The van der Waals surface area contributed by atoms with Crippen LogP contribution in [0.1, 0.15) is 94.1 Å². The van der Waals surface area contributed by atoms with Crippen molar-refractivity contribution in [1.82, 2.24) is 20.3 Å². The lowest BCUT2D eigenvalue weighted by Gasteiger charge is -2.40. The normalized spacial score (nSPS) is 15.8. The molecule has 4 atom stereocenters. The maximum atomic E-state index is 14.0. The first-order chi connectivity index (χ1) is 19.7. The summed E-state index contributed by atoms with van der Waals surface area (Å²) in [6.45, 7) is 18.6. The molecule has 3 amide bonds. The summed E-state index contributed by atoms with van der Waals surface area (Å²) in [5.41, 5.74) is -0.0163. The van der Waals surface area contributed by atoms with Crippen LogP contribution in [-0.2, 0) is 29.8 Å². The third-order valence-electron chi connectivity index (χ3n) is 8.18. The second-order valence-electron chi connectivity index (χ2n) is 13.6. The SMILES string of the molecule is CCCCC(C)S(=O)(=O)NC(=O)C(C)=C[C@H](C(C)C)N(C)C(=O)C(NC(=O)C(NC)C(C)(C)c1ccccc1)C(C)(C)C. The van der Waals surface area contributed by atoms with Crippen molar-refractivity contribution in [3.63, 3.8) is 0 Å². The number of nitrogens with one attached hydrogen (secondary N) is 3. The molecule has 0 aliphatic carbocycles. The number of amides is 3. The largest absolute Gasteiger partial charge is 0.342 e. The Morgan fingerprint density at radius 2 is 1.53 bits per heavy atom. The van der Waals surface area contributed by atoms with Gasteiger partial charge in [0.1, 0.15) is 6.04 Å². The number of benzene rings is 1. The van der Waals surface area contributed by atoms with E-state index in [1.165, 1.54) is 4.90 Å². The molecule has 0 aliphatic heterocycles. The number of nitrogens with zero attached hydrogens (tertiary/aromatic N) is 1. The molecule has 0 radical (unpaired) electrons. The first-order valence-electron chi connectivity index (χ1n) is 15.3. The van der Waals surface area contributed by atoms with Crippen molar-refractivity contribution in [2.24, 2.45) is 11.3 Å². The highest BCUT2D eigenvalue weighted by Gasteiger charge is 2.41. The lowest BCUT2D eigenvalue weighted by atomic mass is 9.76. The fraction of sp³-hybridized carbons (Fsp3) is 0.667. The van der Waals surface area contributed by atoms with Crippen LogP contribution < -0.4 is 15.4 Å². The molecule has 0 aromatic heterocycles. The van der Waals surface area contributed by atoms with E-state index in [1.807, 2.05) is 85.7 Å². The van der Waals surface area contributed by atoms with Crippen LogP contribution in [0.2, 0.25) is 0 Å². The highest BCUT2D eigenvalue weighted by atomic mass is 32.2. The Kier molecular flexibility index (Phi) is 14.1. The second-order valence-corrected chi connectivity index (χ2v) is 15.7. The van der Waals surface area contributed by atoms with Crippen LogP contribution in [0.25, 0.3) is 0 Å². The van der Waals surface area contributed by atoms with E-state index in [9.17, 15) is 22.8 Å². The van der Waals surface area contributed by atoms with Gasteiger partial charge in [-0.1, -0.05) is 105 Å². The van der Waals surface area contributed by atoms with Crippen molar-refractivity contribution in [1.29, 1.82) is 0 Å². The Hall–Kier alpha value is -2.72. The van der Waals surface area contributed by atoms with Crippen molar-refractivity contribution in [3.8, 4) is 0 Å². The van der Waals surface area contributed by atoms with Crippen molar-refractivity contribution in [3.05, 3.63) is 47.5 Å². The fourth-order valence-corrected chi connectivity index (χ4v) is 6.22. The zero-order chi connectivity index (χ0) is 33.3. The maximum Gasteiger partial charge on any atom is 0.260 e. The third kappa shape index (κ3) is 10.4. The minimum absolute atomic E-state index is 0.102. The molecule has 9 nitrogen and oxygen atoms in total. The van der Waals surface area contributed by atoms with Crippen LogP contribution in [0.3, 0.4) is 0 Å². The Labute approximate surface area is 260 Å². The molecule has 1 aromatic rings. The van der Waals surface area contributed by atoms with E-state index in [0.717, 1.165) is 18.4 Å². The number of sulfonamides is 1. The first kappa shape index (κ1) is 38.3. The topological polar surface area (TPSA) is 125 Å². The zero-order valence-electron chi connectivity index (χ0n) is 28.4. The third-order valence-corrected chi connectivity index (χ3v) is 9.94. The van der Waals surface area contributed by atoms with Gasteiger partial charge in [0, 0.05) is 18.0 Å². The molecule has 3 unspecified atom stereocenters. The Bertz CT molecular complexity index is 1220. The maximum absolute atomic E-state index is 14.0. The minimum atomic E-state index is -3.83. The average molecular weight is 621 g/mol. The second kappa shape index (κ2) is 15.8. The number of hydrogen-bond donors (Lipinski definition) is 3. The number of likely N-dealkylation sites (N-methyl/N-ethyl adjacent to an activating group) is 2. The highest BCUT2D eigenvalue weighted by molar-refractivity contribution is 7.90. The summed E-state index contributed by atoms with van der Waals surface area (Å²) in [6.07, 6.45) is 3.70. The molecule has 244 valence electrons. The summed E-state index contributed by atoms with van der Waals surface area (Å²) in [5, 5.41) is 5.47. The number of hydrogen-bond acceptors (Lipinski definition) is 6. The number of carbonyl (C=O) groups excluding carboxylic acids is 3. The lowest BCUT2D eigenvalue weighted by Crippen LogP contribution is -2.61. The van der Waals surface area contributed by atoms with Gasteiger partial charge in [-0.15, -0.1) is 0 Å². The number of carbonyl (C=O) groups is 3. The zero-order valence-corrected chi connectivity index (χ0v) is 29.2. The van der Waals surface area contributed by atoms with Gasteiger partial charge < -0.3 is 15.5 Å². The molecule has 0 fully saturated rings. The summed E-state index contributed by atoms with van der Waals surface area (Å²) in [6, 6.07) is 7.74. The highest BCUT2D eigenvalue weighted by Crippen LogP contribution is 2.29. The molecule has 0 saturated carbocycles. The fourth-order valence-electron chi connectivity index (χ4n) is 5.12. The summed E-state index contributed by atoms with van der Waals surface area (Å²) < 4.78 is 27.6. The summed E-state index contributed by atoms with van der Waals surface area (Å²) in [5.74, 6) is -1.42. The van der Waals surface area contributed by atoms with E-state index in [2.05, 4.69) is 15.4 Å². The van der Waals surface area contributed by atoms with Gasteiger partial charge in [0.25, 0.3) is 5.91 Å². The van der Waals surface area contributed by atoms with Crippen LogP contribution in [0, 0.1) is 11.3 Å². The van der Waals surface area contributed by atoms with Crippen LogP contribution in [0.4, 0.5) is 0 Å². The molecule has 0 spiro atoms. The predicted octanol–water partition coefficient (Wildman–Crippen LogP) is 4.54.